The zero-order chi connectivity index (χ0) is 13.9. The molecule has 0 saturated carbocycles. The van der Waals surface area contributed by atoms with Crippen LogP contribution < -0.4 is 5.32 Å². The molecule has 4 nitrogen and oxygen atoms in total. The van der Waals surface area contributed by atoms with E-state index in [1.54, 1.807) is 0 Å². The van der Waals surface area contributed by atoms with E-state index in [0.717, 1.165) is 12.2 Å². The number of hydrogen-bond acceptors (Lipinski definition) is 4. The normalized spacial score (nSPS) is 17.5. The maximum Gasteiger partial charge on any atom is 0.243 e. The zero-order valence-electron chi connectivity index (χ0n) is 12.7. The van der Waals surface area contributed by atoms with Crippen molar-refractivity contribution in [1.82, 2.24) is 15.5 Å². The first-order valence-corrected chi connectivity index (χ1v) is 6.85. The predicted molar refractivity (Wildman–Crippen MR) is 73.5 cm³/mol. The first-order valence-electron chi connectivity index (χ1n) is 6.85. The average Bonchev–Trinajstić information content (AvgIpc) is 2.76. The van der Waals surface area contributed by atoms with Crippen molar-refractivity contribution in [3.05, 3.63) is 11.7 Å². The summed E-state index contributed by atoms with van der Waals surface area (Å²) in [6, 6.07) is 0.535. The number of hydrogen-bond donors (Lipinski definition) is 1. The van der Waals surface area contributed by atoms with Crippen molar-refractivity contribution in [2.24, 2.45) is 5.92 Å². The molecule has 1 N–H and O–H groups in total. The lowest BCUT2D eigenvalue weighted by molar-refractivity contribution is 0.295. The van der Waals surface area contributed by atoms with Crippen LogP contribution in [0.5, 0.6) is 0 Å². The molecule has 0 aliphatic heterocycles. The molecule has 0 saturated heterocycles. The number of nitrogens with one attached hydrogen (secondary N) is 1. The van der Waals surface area contributed by atoms with E-state index in [1.165, 1.54) is 0 Å². The van der Waals surface area contributed by atoms with E-state index < -0.39 is 0 Å². The Morgan fingerprint density at radius 2 is 1.83 bits per heavy atom. The summed E-state index contributed by atoms with van der Waals surface area (Å²) in [5.41, 5.74) is -0.0657. The van der Waals surface area contributed by atoms with Gasteiger partial charge < -0.3 is 9.84 Å². The molecule has 0 bridgehead atoms. The second kappa shape index (κ2) is 5.83. The van der Waals surface area contributed by atoms with E-state index in [1.807, 2.05) is 0 Å². The van der Waals surface area contributed by atoms with E-state index in [0.29, 0.717) is 17.9 Å². The fourth-order valence-corrected chi connectivity index (χ4v) is 1.70. The Morgan fingerprint density at radius 3 is 2.28 bits per heavy atom. The maximum atomic E-state index is 5.34. The second-order valence-corrected chi connectivity index (χ2v) is 6.27. The molecule has 3 atom stereocenters. The molecule has 0 aromatic carbocycles. The molecule has 1 aromatic rings. The minimum absolute atomic E-state index is 0.0657. The third-order valence-electron chi connectivity index (χ3n) is 3.49. The molecule has 1 heterocycles. The largest absolute Gasteiger partial charge is 0.338 e. The van der Waals surface area contributed by atoms with Crippen LogP contribution in [0.15, 0.2) is 4.52 Å². The van der Waals surface area contributed by atoms with E-state index in [2.05, 4.69) is 63.9 Å². The van der Waals surface area contributed by atoms with Crippen molar-refractivity contribution < 1.29 is 4.52 Å². The highest BCUT2D eigenvalue weighted by molar-refractivity contribution is 5.01. The van der Waals surface area contributed by atoms with Gasteiger partial charge in [-0.05, 0) is 19.8 Å². The SMILES string of the molecule is CCC(C)C(C)NC(C)c1nc(C(C)(C)C)no1. The van der Waals surface area contributed by atoms with E-state index >= 15 is 0 Å². The number of aromatic nitrogens is 2. The molecular formula is C14H27N3O. The Balaban J connectivity index is 2.68. The Labute approximate surface area is 111 Å². The van der Waals surface area contributed by atoms with Gasteiger partial charge in [0.25, 0.3) is 0 Å². The summed E-state index contributed by atoms with van der Waals surface area (Å²) < 4.78 is 5.34. The quantitative estimate of drug-likeness (QED) is 0.873. The Hall–Kier alpha value is -0.900. The summed E-state index contributed by atoms with van der Waals surface area (Å²) in [5, 5.41) is 7.57. The standard InChI is InChI=1S/C14H27N3O/c1-8-9(2)10(3)15-11(4)12-16-13(17-18-12)14(5,6)7/h9-11,15H,8H2,1-7H3. The first kappa shape index (κ1) is 15.2. The van der Waals surface area contributed by atoms with Crippen molar-refractivity contribution in [1.29, 1.82) is 0 Å². The van der Waals surface area contributed by atoms with Crippen LogP contribution in [0.2, 0.25) is 0 Å². The van der Waals surface area contributed by atoms with Gasteiger partial charge in [-0.15, -0.1) is 0 Å². The van der Waals surface area contributed by atoms with Gasteiger partial charge >= 0.3 is 0 Å². The van der Waals surface area contributed by atoms with Crippen molar-refractivity contribution in [3.63, 3.8) is 0 Å². The summed E-state index contributed by atoms with van der Waals surface area (Å²) in [7, 11) is 0. The summed E-state index contributed by atoms with van der Waals surface area (Å²) >= 11 is 0. The monoisotopic (exact) mass is 253 g/mol. The third-order valence-corrected chi connectivity index (χ3v) is 3.49. The van der Waals surface area contributed by atoms with Crippen LogP contribution in [0.25, 0.3) is 0 Å². The molecule has 1 aromatic heterocycles. The van der Waals surface area contributed by atoms with Crippen LogP contribution in [0.3, 0.4) is 0 Å². The maximum absolute atomic E-state index is 5.34. The Bertz CT molecular complexity index is 367. The lowest BCUT2D eigenvalue weighted by Crippen LogP contribution is -2.34. The molecule has 0 fully saturated rings. The minimum Gasteiger partial charge on any atom is -0.338 e. The molecule has 0 radical (unpaired) electrons. The summed E-state index contributed by atoms with van der Waals surface area (Å²) in [5.74, 6) is 2.08. The first-order chi connectivity index (χ1) is 8.25. The molecular weight excluding hydrogens is 226 g/mol. The molecule has 1 rings (SSSR count). The summed E-state index contributed by atoms with van der Waals surface area (Å²) in [4.78, 5) is 4.48. The topological polar surface area (TPSA) is 51.0 Å². The van der Waals surface area contributed by atoms with Crippen LogP contribution in [0.1, 0.15) is 72.6 Å². The van der Waals surface area contributed by atoms with Crippen LogP contribution >= 0.6 is 0 Å². The van der Waals surface area contributed by atoms with Gasteiger partial charge in [0.15, 0.2) is 5.82 Å². The molecule has 0 amide bonds. The minimum atomic E-state index is -0.0657. The summed E-state index contributed by atoms with van der Waals surface area (Å²) in [6.07, 6.45) is 1.16. The van der Waals surface area contributed by atoms with Crippen LogP contribution in [0, 0.1) is 5.92 Å². The highest BCUT2D eigenvalue weighted by Gasteiger charge is 2.24. The molecule has 4 heteroatoms. The Morgan fingerprint density at radius 1 is 1.22 bits per heavy atom. The van der Waals surface area contributed by atoms with Gasteiger partial charge in [-0.1, -0.05) is 46.2 Å². The molecule has 0 aliphatic rings. The van der Waals surface area contributed by atoms with Gasteiger partial charge in [0, 0.05) is 11.5 Å². The van der Waals surface area contributed by atoms with Gasteiger partial charge in [0.2, 0.25) is 5.89 Å². The predicted octanol–water partition coefficient (Wildman–Crippen LogP) is 3.45. The van der Waals surface area contributed by atoms with Crippen molar-refractivity contribution in [2.45, 2.75) is 72.4 Å². The third kappa shape index (κ3) is 3.80. The van der Waals surface area contributed by atoms with Gasteiger partial charge in [-0.3, -0.25) is 0 Å². The van der Waals surface area contributed by atoms with Crippen LogP contribution in [-0.4, -0.2) is 16.2 Å². The summed E-state index contributed by atoms with van der Waals surface area (Å²) in [6.45, 7) is 15.0. The van der Waals surface area contributed by atoms with E-state index in [9.17, 15) is 0 Å². The van der Waals surface area contributed by atoms with Crippen molar-refractivity contribution in [3.8, 4) is 0 Å². The molecule has 0 spiro atoms. The molecule has 0 aliphatic carbocycles. The molecule has 104 valence electrons. The van der Waals surface area contributed by atoms with E-state index in [-0.39, 0.29) is 11.5 Å². The average molecular weight is 253 g/mol. The van der Waals surface area contributed by atoms with Crippen LogP contribution in [0.4, 0.5) is 0 Å². The van der Waals surface area contributed by atoms with Gasteiger partial charge in [0.05, 0.1) is 6.04 Å². The highest BCUT2D eigenvalue weighted by atomic mass is 16.5. The fraction of sp³-hybridized carbons (Fsp3) is 0.857. The van der Waals surface area contributed by atoms with Gasteiger partial charge in [-0.2, -0.15) is 4.98 Å². The van der Waals surface area contributed by atoms with Crippen molar-refractivity contribution >= 4 is 0 Å². The van der Waals surface area contributed by atoms with E-state index in [4.69, 9.17) is 4.52 Å². The zero-order valence-corrected chi connectivity index (χ0v) is 12.7. The fourth-order valence-electron chi connectivity index (χ4n) is 1.70. The lowest BCUT2D eigenvalue weighted by Gasteiger charge is -2.22. The smallest absolute Gasteiger partial charge is 0.243 e. The Kier molecular flexibility index (Phi) is 4.91. The molecule has 18 heavy (non-hydrogen) atoms. The van der Waals surface area contributed by atoms with Gasteiger partial charge in [0.1, 0.15) is 0 Å². The number of rotatable bonds is 5. The van der Waals surface area contributed by atoms with Gasteiger partial charge in [-0.25, -0.2) is 0 Å². The van der Waals surface area contributed by atoms with Crippen LogP contribution in [-0.2, 0) is 5.41 Å². The molecule has 3 unspecified atom stereocenters. The second-order valence-electron chi connectivity index (χ2n) is 6.27. The van der Waals surface area contributed by atoms with Crippen molar-refractivity contribution in [2.75, 3.05) is 0 Å². The highest BCUT2D eigenvalue weighted by Crippen LogP contribution is 2.21. The number of nitrogens with zero attached hydrogens (tertiary/aromatic N) is 2. The lowest BCUT2D eigenvalue weighted by atomic mass is 9.96.